The first-order valence-corrected chi connectivity index (χ1v) is 8.02. The molecule has 3 rings (SSSR count). The Morgan fingerprint density at radius 1 is 1.00 bits per heavy atom. The molecule has 0 aliphatic carbocycles. The van der Waals surface area contributed by atoms with Gasteiger partial charge in [-0.2, -0.15) is 0 Å². The number of nitro benzene ring substituents is 1. The van der Waals surface area contributed by atoms with Crippen LogP contribution in [-0.2, 0) is 0 Å². The maximum atomic E-state index is 10.7. The van der Waals surface area contributed by atoms with Gasteiger partial charge in [-0.3, -0.25) is 10.1 Å². The molecule has 0 saturated heterocycles. The molecule has 0 unspecified atom stereocenters. The first-order chi connectivity index (χ1) is 12.0. The quantitative estimate of drug-likeness (QED) is 0.550. The summed E-state index contributed by atoms with van der Waals surface area (Å²) in [7, 11) is 0. The van der Waals surface area contributed by atoms with Gasteiger partial charge in [0.15, 0.2) is 6.04 Å². The van der Waals surface area contributed by atoms with E-state index in [1.54, 1.807) is 12.1 Å². The highest BCUT2D eigenvalue weighted by Gasteiger charge is 2.21. The molecule has 0 radical (unpaired) electrons. The van der Waals surface area contributed by atoms with Gasteiger partial charge < -0.3 is 9.73 Å². The van der Waals surface area contributed by atoms with E-state index in [1.807, 2.05) is 25.1 Å². The van der Waals surface area contributed by atoms with Crippen molar-refractivity contribution in [2.75, 3.05) is 0 Å². The third-order valence-corrected chi connectivity index (χ3v) is 4.06. The third kappa shape index (κ3) is 3.89. The highest BCUT2D eigenvalue weighted by Crippen LogP contribution is 2.22. The molecule has 2 atom stereocenters. The Morgan fingerprint density at radius 2 is 1.68 bits per heavy atom. The number of nitrogens with two attached hydrogens (primary N) is 1. The van der Waals surface area contributed by atoms with Crippen LogP contribution < -0.4 is 5.32 Å². The molecule has 0 aliphatic heterocycles. The molecule has 0 fully saturated rings. The second kappa shape index (κ2) is 7.23. The summed E-state index contributed by atoms with van der Waals surface area (Å²) in [6.45, 7) is 4.13. The van der Waals surface area contributed by atoms with E-state index in [4.69, 9.17) is 4.42 Å². The maximum Gasteiger partial charge on any atom is 0.274 e. The standard InChI is InChI=1S/C18H18N4O3/c1-12(14-6-4-3-5-7-14)19-13(2)17-20-21-18(25-17)15-8-10-16(11-9-15)22(23)24/h3-13,19H,1-2H3/p+1/t12-,13-/m1/s1. The van der Waals surface area contributed by atoms with Crippen molar-refractivity contribution in [3.63, 3.8) is 0 Å². The molecule has 0 amide bonds. The van der Waals surface area contributed by atoms with Gasteiger partial charge in [0.25, 0.3) is 11.6 Å². The summed E-state index contributed by atoms with van der Waals surface area (Å²) in [6.07, 6.45) is 0. The lowest BCUT2D eigenvalue weighted by atomic mass is 10.1. The van der Waals surface area contributed by atoms with Gasteiger partial charge in [0.05, 0.1) is 4.92 Å². The van der Waals surface area contributed by atoms with E-state index in [0.29, 0.717) is 17.3 Å². The van der Waals surface area contributed by atoms with Gasteiger partial charge in [0.2, 0.25) is 5.89 Å². The van der Waals surface area contributed by atoms with Crippen LogP contribution in [0.2, 0.25) is 0 Å². The molecule has 1 aromatic heterocycles. The molecule has 0 saturated carbocycles. The second-order valence-electron chi connectivity index (χ2n) is 5.93. The van der Waals surface area contributed by atoms with Gasteiger partial charge in [-0.25, -0.2) is 0 Å². The largest absolute Gasteiger partial charge is 0.415 e. The Morgan fingerprint density at radius 3 is 2.32 bits per heavy atom. The minimum atomic E-state index is -0.439. The summed E-state index contributed by atoms with van der Waals surface area (Å²) in [5.74, 6) is 0.883. The molecule has 3 aromatic rings. The molecule has 0 aliphatic rings. The van der Waals surface area contributed by atoms with Crippen LogP contribution in [0.1, 0.15) is 37.4 Å². The number of benzene rings is 2. The Balaban J connectivity index is 1.71. The van der Waals surface area contributed by atoms with Crippen molar-refractivity contribution in [2.45, 2.75) is 25.9 Å². The molecule has 2 N–H and O–H groups in total. The van der Waals surface area contributed by atoms with E-state index in [-0.39, 0.29) is 17.8 Å². The SMILES string of the molecule is C[C@@H]([NH2+][C@H](C)c1nnc(-c2ccc([N+](=O)[O-])cc2)o1)c1ccccc1. The average molecular weight is 339 g/mol. The fraction of sp³-hybridized carbons (Fsp3) is 0.222. The summed E-state index contributed by atoms with van der Waals surface area (Å²) in [5.41, 5.74) is 1.92. The van der Waals surface area contributed by atoms with Crippen LogP contribution in [-0.4, -0.2) is 15.1 Å². The highest BCUT2D eigenvalue weighted by molar-refractivity contribution is 5.55. The zero-order valence-corrected chi connectivity index (χ0v) is 14.0. The Bertz CT molecular complexity index is 846. The zero-order valence-electron chi connectivity index (χ0n) is 14.0. The number of hydrogen-bond acceptors (Lipinski definition) is 5. The lowest BCUT2D eigenvalue weighted by molar-refractivity contribution is -0.730. The maximum absolute atomic E-state index is 10.7. The van der Waals surface area contributed by atoms with Gasteiger partial charge in [-0.05, 0) is 26.0 Å². The van der Waals surface area contributed by atoms with E-state index in [9.17, 15) is 10.1 Å². The summed E-state index contributed by atoms with van der Waals surface area (Å²) < 4.78 is 5.75. The van der Waals surface area contributed by atoms with E-state index >= 15 is 0 Å². The van der Waals surface area contributed by atoms with Crippen LogP contribution >= 0.6 is 0 Å². The van der Waals surface area contributed by atoms with Crippen molar-refractivity contribution in [3.8, 4) is 11.5 Å². The van der Waals surface area contributed by atoms with E-state index in [1.165, 1.54) is 17.7 Å². The number of non-ortho nitro benzene ring substituents is 1. The second-order valence-corrected chi connectivity index (χ2v) is 5.93. The van der Waals surface area contributed by atoms with Gasteiger partial charge in [-0.15, -0.1) is 10.2 Å². The molecule has 0 bridgehead atoms. The molecule has 2 aromatic carbocycles. The van der Waals surface area contributed by atoms with Gasteiger partial charge >= 0.3 is 0 Å². The molecule has 0 spiro atoms. The summed E-state index contributed by atoms with van der Waals surface area (Å²) >= 11 is 0. The third-order valence-electron chi connectivity index (χ3n) is 4.06. The van der Waals surface area contributed by atoms with Crippen molar-refractivity contribution in [1.82, 2.24) is 10.2 Å². The predicted molar refractivity (Wildman–Crippen MR) is 91.6 cm³/mol. The topological polar surface area (TPSA) is 98.7 Å². The van der Waals surface area contributed by atoms with Gasteiger partial charge in [0, 0.05) is 23.3 Å². The van der Waals surface area contributed by atoms with E-state index in [0.717, 1.165) is 0 Å². The van der Waals surface area contributed by atoms with Crippen molar-refractivity contribution in [3.05, 3.63) is 76.2 Å². The number of nitrogens with zero attached hydrogens (tertiary/aromatic N) is 3. The molecule has 7 heteroatoms. The lowest BCUT2D eigenvalue weighted by Crippen LogP contribution is -2.85. The Hall–Kier alpha value is -3.06. The van der Waals surface area contributed by atoms with Gasteiger partial charge in [-0.1, -0.05) is 30.3 Å². The molecule has 7 nitrogen and oxygen atoms in total. The number of nitro groups is 1. The number of quaternary nitrogens is 1. The van der Waals surface area contributed by atoms with Crippen molar-refractivity contribution in [1.29, 1.82) is 0 Å². The highest BCUT2D eigenvalue weighted by atomic mass is 16.6. The number of aromatic nitrogens is 2. The molecule has 25 heavy (non-hydrogen) atoms. The first-order valence-electron chi connectivity index (χ1n) is 8.02. The molecular weight excluding hydrogens is 320 g/mol. The minimum Gasteiger partial charge on any atom is -0.415 e. The normalized spacial score (nSPS) is 13.4. The van der Waals surface area contributed by atoms with Crippen LogP contribution in [0.25, 0.3) is 11.5 Å². The van der Waals surface area contributed by atoms with Crippen LogP contribution in [0.15, 0.2) is 59.0 Å². The van der Waals surface area contributed by atoms with Crippen LogP contribution in [0.4, 0.5) is 5.69 Å². The van der Waals surface area contributed by atoms with Crippen molar-refractivity contribution in [2.24, 2.45) is 0 Å². The van der Waals surface area contributed by atoms with Crippen LogP contribution in [0, 0.1) is 10.1 Å². The summed E-state index contributed by atoms with van der Waals surface area (Å²) in [4.78, 5) is 10.3. The fourth-order valence-corrected chi connectivity index (χ4v) is 2.64. The van der Waals surface area contributed by atoms with E-state index in [2.05, 4.69) is 34.6 Å². The summed E-state index contributed by atoms with van der Waals surface area (Å²) in [6, 6.07) is 16.5. The van der Waals surface area contributed by atoms with E-state index < -0.39 is 4.92 Å². The minimum absolute atomic E-state index is 0.00509. The van der Waals surface area contributed by atoms with Crippen LogP contribution in [0.5, 0.6) is 0 Å². The fourth-order valence-electron chi connectivity index (χ4n) is 2.64. The Kier molecular flexibility index (Phi) is 4.85. The monoisotopic (exact) mass is 339 g/mol. The van der Waals surface area contributed by atoms with Crippen molar-refractivity contribution < 1.29 is 14.7 Å². The van der Waals surface area contributed by atoms with Gasteiger partial charge in [0.1, 0.15) is 6.04 Å². The number of rotatable bonds is 6. The lowest BCUT2D eigenvalue weighted by Gasteiger charge is -2.14. The molecule has 128 valence electrons. The van der Waals surface area contributed by atoms with Crippen molar-refractivity contribution >= 4 is 5.69 Å². The predicted octanol–water partition coefficient (Wildman–Crippen LogP) is 3.03. The smallest absolute Gasteiger partial charge is 0.274 e. The average Bonchev–Trinajstić information content (AvgIpc) is 3.13. The number of hydrogen-bond donors (Lipinski definition) is 1. The Labute approximate surface area is 144 Å². The van der Waals surface area contributed by atoms with Crippen LogP contribution in [0.3, 0.4) is 0 Å². The molecular formula is C18H19N4O3+. The molecule has 1 heterocycles. The zero-order chi connectivity index (χ0) is 17.8. The summed E-state index contributed by atoms with van der Waals surface area (Å²) in [5, 5.41) is 21.0. The first kappa shape index (κ1) is 16.8.